The molecule has 0 unspecified atom stereocenters. The van der Waals surface area contributed by atoms with Crippen molar-refractivity contribution in [2.45, 2.75) is 13.5 Å². The van der Waals surface area contributed by atoms with Gasteiger partial charge >= 0.3 is 0 Å². The van der Waals surface area contributed by atoms with E-state index in [0.29, 0.717) is 34.5 Å². The van der Waals surface area contributed by atoms with E-state index < -0.39 is 0 Å². The van der Waals surface area contributed by atoms with Crippen molar-refractivity contribution >= 4 is 16.8 Å². The standard InChI is InChI=1S/C22H21N5O2/c1-15-24-20-7-5-4-6-19(20)22(29)27(15)18-10-8-17(9-11-18)21(28)25(2)13-16-12-23-26(3)14-16/h4-12,14H,13H2,1-3H3. The summed E-state index contributed by atoms with van der Waals surface area (Å²) < 4.78 is 3.27. The van der Waals surface area contributed by atoms with Gasteiger partial charge in [0.15, 0.2) is 0 Å². The molecule has 4 rings (SSSR count). The van der Waals surface area contributed by atoms with Gasteiger partial charge in [-0.15, -0.1) is 0 Å². The number of benzene rings is 2. The number of carbonyl (C=O) groups excluding carboxylic acids is 1. The maximum atomic E-state index is 12.9. The van der Waals surface area contributed by atoms with Gasteiger partial charge in [0, 0.05) is 38.0 Å². The second-order valence-electron chi connectivity index (χ2n) is 7.05. The Labute approximate surface area is 167 Å². The number of hydrogen-bond donors (Lipinski definition) is 0. The molecule has 0 radical (unpaired) electrons. The van der Waals surface area contributed by atoms with Crippen LogP contribution in [0.4, 0.5) is 0 Å². The zero-order valence-electron chi connectivity index (χ0n) is 16.5. The molecule has 0 atom stereocenters. The lowest BCUT2D eigenvalue weighted by Gasteiger charge is -2.17. The molecule has 0 bridgehead atoms. The average Bonchev–Trinajstić information content (AvgIpc) is 3.12. The SMILES string of the molecule is Cc1nc2ccccc2c(=O)n1-c1ccc(C(=O)N(C)Cc2cnn(C)c2)cc1. The molecule has 0 saturated carbocycles. The summed E-state index contributed by atoms with van der Waals surface area (Å²) in [4.78, 5) is 31.8. The molecule has 7 nitrogen and oxygen atoms in total. The third-order valence-electron chi connectivity index (χ3n) is 4.84. The second-order valence-corrected chi connectivity index (χ2v) is 7.05. The number of fused-ring (bicyclic) bond motifs is 1. The first-order valence-electron chi connectivity index (χ1n) is 9.26. The topological polar surface area (TPSA) is 73.0 Å². The van der Waals surface area contributed by atoms with Crippen LogP contribution in [0.25, 0.3) is 16.6 Å². The zero-order valence-corrected chi connectivity index (χ0v) is 16.5. The average molecular weight is 387 g/mol. The smallest absolute Gasteiger partial charge is 0.265 e. The van der Waals surface area contributed by atoms with Gasteiger partial charge in [-0.1, -0.05) is 12.1 Å². The molecule has 0 spiro atoms. The molecule has 2 heterocycles. The Bertz CT molecular complexity index is 1250. The fraction of sp³-hybridized carbons (Fsp3) is 0.182. The van der Waals surface area contributed by atoms with Crippen LogP contribution in [0.3, 0.4) is 0 Å². The van der Waals surface area contributed by atoms with Crippen molar-refractivity contribution in [3.05, 3.63) is 88.2 Å². The number of aromatic nitrogens is 4. The highest BCUT2D eigenvalue weighted by Gasteiger charge is 2.14. The van der Waals surface area contributed by atoms with Gasteiger partial charge in [0.2, 0.25) is 0 Å². The molecule has 146 valence electrons. The first-order valence-corrected chi connectivity index (χ1v) is 9.26. The number of aryl methyl sites for hydroxylation is 2. The van der Waals surface area contributed by atoms with E-state index in [4.69, 9.17) is 0 Å². The molecule has 0 N–H and O–H groups in total. The van der Waals surface area contributed by atoms with Crippen LogP contribution >= 0.6 is 0 Å². The quantitative estimate of drug-likeness (QED) is 0.540. The van der Waals surface area contributed by atoms with Crippen LogP contribution in [0.5, 0.6) is 0 Å². The van der Waals surface area contributed by atoms with Gasteiger partial charge in [-0.3, -0.25) is 18.8 Å². The van der Waals surface area contributed by atoms with Gasteiger partial charge in [0.25, 0.3) is 11.5 Å². The lowest BCUT2D eigenvalue weighted by Crippen LogP contribution is -2.26. The van der Waals surface area contributed by atoms with Crippen LogP contribution in [0.1, 0.15) is 21.7 Å². The largest absolute Gasteiger partial charge is 0.337 e. The number of hydrogen-bond acceptors (Lipinski definition) is 4. The van der Waals surface area contributed by atoms with Crippen LogP contribution in [-0.4, -0.2) is 37.2 Å². The third kappa shape index (κ3) is 3.54. The van der Waals surface area contributed by atoms with Crippen molar-refractivity contribution in [3.8, 4) is 5.69 Å². The van der Waals surface area contributed by atoms with Crippen molar-refractivity contribution in [1.82, 2.24) is 24.2 Å². The highest BCUT2D eigenvalue weighted by Crippen LogP contribution is 2.15. The summed E-state index contributed by atoms with van der Waals surface area (Å²) in [7, 11) is 3.60. The molecule has 1 amide bonds. The lowest BCUT2D eigenvalue weighted by atomic mass is 10.1. The van der Waals surface area contributed by atoms with Crippen molar-refractivity contribution in [2.75, 3.05) is 7.05 Å². The normalized spacial score (nSPS) is 11.0. The predicted octanol–water partition coefficient (Wildman–Crippen LogP) is 2.70. The van der Waals surface area contributed by atoms with E-state index in [9.17, 15) is 9.59 Å². The fourth-order valence-corrected chi connectivity index (χ4v) is 3.42. The number of para-hydroxylation sites is 1. The Morgan fingerprint density at radius 3 is 2.52 bits per heavy atom. The van der Waals surface area contributed by atoms with Crippen LogP contribution in [0.2, 0.25) is 0 Å². The van der Waals surface area contributed by atoms with Crippen LogP contribution < -0.4 is 5.56 Å². The number of rotatable bonds is 4. The van der Waals surface area contributed by atoms with Gasteiger partial charge in [0.1, 0.15) is 5.82 Å². The van der Waals surface area contributed by atoms with Crippen LogP contribution in [0, 0.1) is 6.92 Å². The van der Waals surface area contributed by atoms with Gasteiger partial charge in [-0.05, 0) is 43.3 Å². The molecule has 0 aliphatic heterocycles. The molecule has 0 aliphatic rings. The predicted molar refractivity (Wildman–Crippen MR) is 111 cm³/mol. The van der Waals surface area contributed by atoms with Crippen molar-refractivity contribution in [2.24, 2.45) is 7.05 Å². The second kappa shape index (κ2) is 7.35. The summed E-state index contributed by atoms with van der Waals surface area (Å²) in [6.07, 6.45) is 3.63. The van der Waals surface area contributed by atoms with E-state index in [1.807, 2.05) is 31.4 Å². The minimum absolute atomic E-state index is 0.0962. The molecule has 0 fully saturated rings. The first kappa shape index (κ1) is 18.6. The number of carbonyl (C=O) groups is 1. The van der Waals surface area contributed by atoms with Gasteiger partial charge in [0.05, 0.1) is 22.8 Å². The first-order chi connectivity index (χ1) is 13.9. The molecule has 2 aromatic carbocycles. The van der Waals surface area contributed by atoms with E-state index in [-0.39, 0.29) is 11.5 Å². The summed E-state index contributed by atoms with van der Waals surface area (Å²) >= 11 is 0. The minimum atomic E-state index is -0.124. The summed E-state index contributed by atoms with van der Waals surface area (Å²) in [6, 6.07) is 14.3. The van der Waals surface area contributed by atoms with Gasteiger partial charge in [-0.2, -0.15) is 5.10 Å². The highest BCUT2D eigenvalue weighted by atomic mass is 16.2. The Morgan fingerprint density at radius 1 is 1.10 bits per heavy atom. The molecular formula is C22H21N5O2. The Morgan fingerprint density at radius 2 is 1.83 bits per heavy atom. The summed E-state index contributed by atoms with van der Waals surface area (Å²) in [5.74, 6) is 0.502. The molecule has 4 aromatic rings. The molecule has 0 saturated heterocycles. The maximum absolute atomic E-state index is 12.9. The minimum Gasteiger partial charge on any atom is -0.337 e. The van der Waals surface area contributed by atoms with E-state index in [2.05, 4.69) is 10.1 Å². The van der Waals surface area contributed by atoms with Gasteiger partial charge in [-0.25, -0.2) is 4.98 Å². The van der Waals surface area contributed by atoms with Crippen LogP contribution in [0.15, 0.2) is 65.7 Å². The summed E-state index contributed by atoms with van der Waals surface area (Å²) in [5, 5.41) is 4.69. The van der Waals surface area contributed by atoms with E-state index in [1.54, 1.807) is 64.6 Å². The Hall–Kier alpha value is -3.74. The van der Waals surface area contributed by atoms with E-state index in [1.165, 1.54) is 0 Å². The maximum Gasteiger partial charge on any atom is 0.265 e. The molecule has 0 aliphatic carbocycles. The Balaban J connectivity index is 1.62. The van der Waals surface area contributed by atoms with Crippen molar-refractivity contribution in [3.63, 3.8) is 0 Å². The zero-order chi connectivity index (χ0) is 20.5. The third-order valence-corrected chi connectivity index (χ3v) is 4.84. The molecule has 29 heavy (non-hydrogen) atoms. The molecule has 2 aromatic heterocycles. The number of amides is 1. The van der Waals surface area contributed by atoms with E-state index in [0.717, 1.165) is 5.56 Å². The lowest BCUT2D eigenvalue weighted by molar-refractivity contribution is 0.0785. The van der Waals surface area contributed by atoms with Crippen molar-refractivity contribution < 1.29 is 4.79 Å². The molecule has 7 heteroatoms. The Kier molecular flexibility index (Phi) is 4.72. The summed E-state index contributed by atoms with van der Waals surface area (Å²) in [5.41, 5.74) is 2.75. The van der Waals surface area contributed by atoms with Crippen molar-refractivity contribution in [1.29, 1.82) is 0 Å². The van der Waals surface area contributed by atoms with Crippen LogP contribution in [-0.2, 0) is 13.6 Å². The number of nitrogens with zero attached hydrogens (tertiary/aromatic N) is 5. The monoisotopic (exact) mass is 387 g/mol. The summed E-state index contributed by atoms with van der Waals surface area (Å²) in [6.45, 7) is 2.27. The highest BCUT2D eigenvalue weighted by molar-refractivity contribution is 5.94. The fourth-order valence-electron chi connectivity index (χ4n) is 3.42. The van der Waals surface area contributed by atoms with E-state index >= 15 is 0 Å². The van der Waals surface area contributed by atoms with Gasteiger partial charge < -0.3 is 4.90 Å². The molecular weight excluding hydrogens is 366 g/mol.